The molecule has 2 unspecified atom stereocenters. The number of thioether (sulfide) groups is 1. The third-order valence-corrected chi connectivity index (χ3v) is 5.83. The molecule has 1 aliphatic heterocycles. The molecule has 4 nitrogen and oxygen atoms in total. The van der Waals surface area contributed by atoms with Crippen molar-refractivity contribution in [1.29, 1.82) is 0 Å². The van der Waals surface area contributed by atoms with Gasteiger partial charge in [0.15, 0.2) is 0 Å². The normalized spacial score (nSPS) is 31.4. The largest absolute Gasteiger partial charge is 0.388 e. The zero-order valence-electron chi connectivity index (χ0n) is 14.8. The Kier molecular flexibility index (Phi) is 11.6. The summed E-state index contributed by atoms with van der Waals surface area (Å²) < 4.78 is 5.58. The van der Waals surface area contributed by atoms with Crippen LogP contribution in [0, 0.1) is 0 Å². The lowest BCUT2D eigenvalue weighted by Gasteiger charge is -2.39. The highest BCUT2D eigenvalue weighted by Gasteiger charge is 2.41. The summed E-state index contributed by atoms with van der Waals surface area (Å²) in [6, 6.07) is 0. The van der Waals surface area contributed by atoms with Crippen LogP contribution in [-0.4, -0.2) is 50.9 Å². The Bertz CT molecular complexity index is 290. The molecule has 1 heterocycles. The van der Waals surface area contributed by atoms with Gasteiger partial charge in [0.25, 0.3) is 0 Å². The van der Waals surface area contributed by atoms with Crippen molar-refractivity contribution in [2.45, 2.75) is 108 Å². The first-order chi connectivity index (χ1) is 11.1. The van der Waals surface area contributed by atoms with Crippen LogP contribution in [-0.2, 0) is 4.74 Å². The van der Waals surface area contributed by atoms with Crippen molar-refractivity contribution in [2.75, 3.05) is 5.75 Å². The van der Waals surface area contributed by atoms with E-state index < -0.39 is 29.9 Å². The minimum Gasteiger partial charge on any atom is -0.388 e. The van der Waals surface area contributed by atoms with Gasteiger partial charge in [0.05, 0.1) is 6.10 Å². The SMILES string of the molecule is CCCCCCCCCCCCS[C@@H]1OC(C)[C@H](O)[C@H](O)C1O. The summed E-state index contributed by atoms with van der Waals surface area (Å²) in [5.41, 5.74) is -0.429. The molecule has 0 radical (unpaired) electrons. The van der Waals surface area contributed by atoms with Crippen LogP contribution in [0.5, 0.6) is 0 Å². The summed E-state index contributed by atoms with van der Waals surface area (Å²) >= 11 is 1.55. The zero-order chi connectivity index (χ0) is 17.1. The minimum absolute atomic E-state index is 0.429. The number of hydrogen-bond donors (Lipinski definition) is 3. The van der Waals surface area contributed by atoms with Crippen molar-refractivity contribution in [3.05, 3.63) is 0 Å². The van der Waals surface area contributed by atoms with Crippen LogP contribution in [0.3, 0.4) is 0 Å². The maximum atomic E-state index is 9.93. The first-order valence-corrected chi connectivity index (χ1v) is 10.4. The van der Waals surface area contributed by atoms with E-state index in [4.69, 9.17) is 4.74 Å². The number of aliphatic hydroxyl groups excluding tert-OH is 3. The van der Waals surface area contributed by atoms with Gasteiger partial charge in [0, 0.05) is 0 Å². The third-order valence-electron chi connectivity index (χ3n) is 4.59. The second-order valence-corrected chi connectivity index (χ2v) is 7.94. The molecule has 1 saturated heterocycles. The van der Waals surface area contributed by atoms with Crippen molar-refractivity contribution in [1.82, 2.24) is 0 Å². The maximum Gasteiger partial charge on any atom is 0.132 e. The van der Waals surface area contributed by atoms with Gasteiger partial charge in [-0.15, -0.1) is 11.8 Å². The molecule has 1 aliphatic rings. The molecule has 0 saturated carbocycles. The summed E-state index contributed by atoms with van der Waals surface area (Å²) in [6.07, 6.45) is 9.55. The summed E-state index contributed by atoms with van der Waals surface area (Å²) in [4.78, 5) is 0. The Morgan fingerprint density at radius 1 is 0.739 bits per heavy atom. The smallest absolute Gasteiger partial charge is 0.132 e. The molecule has 0 spiro atoms. The van der Waals surface area contributed by atoms with Gasteiger partial charge in [-0.25, -0.2) is 0 Å². The number of unbranched alkanes of at least 4 members (excludes halogenated alkanes) is 9. The molecule has 0 aromatic carbocycles. The van der Waals surface area contributed by atoms with Crippen molar-refractivity contribution >= 4 is 11.8 Å². The molecule has 0 aromatic heterocycles. The highest BCUT2D eigenvalue weighted by molar-refractivity contribution is 7.99. The molecule has 3 N–H and O–H groups in total. The fourth-order valence-electron chi connectivity index (χ4n) is 2.94. The highest BCUT2D eigenvalue weighted by Crippen LogP contribution is 2.29. The van der Waals surface area contributed by atoms with E-state index in [1.54, 1.807) is 18.7 Å². The second-order valence-electron chi connectivity index (χ2n) is 6.73. The summed E-state index contributed by atoms with van der Waals surface area (Å²) in [5.74, 6) is 0.924. The van der Waals surface area contributed by atoms with Gasteiger partial charge in [-0.3, -0.25) is 0 Å². The lowest BCUT2D eigenvalue weighted by Crippen LogP contribution is -2.55. The van der Waals surface area contributed by atoms with Crippen LogP contribution < -0.4 is 0 Å². The summed E-state index contributed by atoms with van der Waals surface area (Å²) in [6.45, 7) is 3.98. The van der Waals surface area contributed by atoms with Crippen LogP contribution >= 0.6 is 11.8 Å². The number of ether oxygens (including phenoxy) is 1. The van der Waals surface area contributed by atoms with Crippen LogP contribution in [0.25, 0.3) is 0 Å². The predicted octanol–water partition coefficient (Wildman–Crippen LogP) is 3.47. The van der Waals surface area contributed by atoms with Crippen molar-refractivity contribution in [3.63, 3.8) is 0 Å². The molecule has 0 aliphatic carbocycles. The molecular formula is C18H36O4S. The fourth-order valence-corrected chi connectivity index (χ4v) is 4.16. The first kappa shape index (κ1) is 21.2. The summed E-state index contributed by atoms with van der Waals surface area (Å²) in [7, 11) is 0. The zero-order valence-corrected chi connectivity index (χ0v) is 15.6. The molecule has 0 aromatic rings. The van der Waals surface area contributed by atoms with Gasteiger partial charge < -0.3 is 20.1 Å². The number of rotatable bonds is 12. The molecule has 23 heavy (non-hydrogen) atoms. The van der Waals surface area contributed by atoms with Crippen molar-refractivity contribution in [3.8, 4) is 0 Å². The van der Waals surface area contributed by atoms with Gasteiger partial charge in [-0.05, 0) is 19.1 Å². The molecule has 0 bridgehead atoms. The lowest BCUT2D eigenvalue weighted by molar-refractivity contribution is -0.192. The van der Waals surface area contributed by atoms with E-state index in [1.807, 2.05) is 0 Å². The third kappa shape index (κ3) is 8.21. The first-order valence-electron chi connectivity index (χ1n) is 9.39. The van der Waals surface area contributed by atoms with Crippen LogP contribution in [0.15, 0.2) is 0 Å². The monoisotopic (exact) mass is 348 g/mol. The molecule has 1 rings (SSSR count). The Morgan fingerprint density at radius 3 is 1.83 bits per heavy atom. The van der Waals surface area contributed by atoms with E-state index in [1.165, 1.54) is 57.8 Å². The predicted molar refractivity (Wildman–Crippen MR) is 96.7 cm³/mol. The molecule has 1 fully saturated rings. The average molecular weight is 349 g/mol. The van der Waals surface area contributed by atoms with Crippen molar-refractivity contribution < 1.29 is 20.1 Å². The molecule has 0 amide bonds. The lowest BCUT2D eigenvalue weighted by atomic mass is 10.0. The van der Waals surface area contributed by atoms with Gasteiger partial charge in [0.1, 0.15) is 23.7 Å². The van der Waals surface area contributed by atoms with Crippen LogP contribution in [0.4, 0.5) is 0 Å². The Hall–Kier alpha value is 0.190. The molecule has 5 heteroatoms. The maximum absolute atomic E-state index is 9.93. The molecule has 138 valence electrons. The van der Waals surface area contributed by atoms with E-state index in [2.05, 4.69) is 6.92 Å². The van der Waals surface area contributed by atoms with E-state index in [-0.39, 0.29) is 0 Å². The van der Waals surface area contributed by atoms with E-state index >= 15 is 0 Å². The van der Waals surface area contributed by atoms with Crippen LogP contribution in [0.1, 0.15) is 78.1 Å². The topological polar surface area (TPSA) is 69.9 Å². The van der Waals surface area contributed by atoms with Gasteiger partial charge >= 0.3 is 0 Å². The quantitative estimate of drug-likeness (QED) is 0.471. The Labute approximate surface area is 146 Å². The number of aliphatic hydroxyl groups is 3. The summed E-state index contributed by atoms with van der Waals surface area (Å²) in [5, 5.41) is 29.4. The number of hydrogen-bond acceptors (Lipinski definition) is 5. The Morgan fingerprint density at radius 2 is 1.26 bits per heavy atom. The van der Waals surface area contributed by atoms with E-state index in [0.29, 0.717) is 0 Å². The van der Waals surface area contributed by atoms with Crippen LogP contribution in [0.2, 0.25) is 0 Å². The second kappa shape index (κ2) is 12.5. The molecule has 5 atom stereocenters. The van der Waals surface area contributed by atoms with Gasteiger partial charge in [-0.2, -0.15) is 0 Å². The van der Waals surface area contributed by atoms with E-state index in [0.717, 1.165) is 12.2 Å². The standard InChI is InChI=1S/C18H36O4S/c1-3-4-5-6-7-8-9-10-11-12-13-23-18-17(21)16(20)15(19)14(2)22-18/h14-21H,3-13H2,1-2H3/t14?,15-,16-,17?,18-/m0/s1. The minimum atomic E-state index is -1.11. The fraction of sp³-hybridized carbons (Fsp3) is 1.00. The van der Waals surface area contributed by atoms with Crippen molar-refractivity contribution in [2.24, 2.45) is 0 Å². The highest BCUT2D eigenvalue weighted by atomic mass is 32.2. The van der Waals surface area contributed by atoms with E-state index in [9.17, 15) is 15.3 Å². The van der Waals surface area contributed by atoms with Gasteiger partial charge in [0.2, 0.25) is 0 Å². The average Bonchev–Trinajstić information content (AvgIpc) is 2.55. The molecular weight excluding hydrogens is 312 g/mol. The van der Waals surface area contributed by atoms with Gasteiger partial charge in [-0.1, -0.05) is 64.7 Å². The Balaban J connectivity index is 1.96.